The van der Waals surface area contributed by atoms with E-state index in [2.05, 4.69) is 48.0 Å². The highest BCUT2D eigenvalue weighted by molar-refractivity contribution is 9.11. The standard InChI is InChI=1S/C18H17Br2N3O4S/c1-11-4-2-3-5-14(11)26-9-16(24)21-18(28)23-22-17(25)10-27-15-7-6-12(19)8-13(15)20/h2-8H,9-10H2,1H3,(H,22,25)(H2,21,23,24,28). The Labute approximate surface area is 184 Å². The zero-order chi connectivity index (χ0) is 20.5. The van der Waals surface area contributed by atoms with E-state index in [0.717, 1.165) is 10.0 Å². The van der Waals surface area contributed by atoms with E-state index in [0.29, 0.717) is 16.0 Å². The fourth-order valence-electron chi connectivity index (χ4n) is 1.95. The van der Waals surface area contributed by atoms with Gasteiger partial charge in [0.05, 0.1) is 4.47 Å². The molecule has 7 nitrogen and oxygen atoms in total. The average Bonchev–Trinajstić information content (AvgIpc) is 2.65. The Kier molecular flexibility index (Phi) is 8.68. The van der Waals surface area contributed by atoms with Gasteiger partial charge < -0.3 is 9.47 Å². The molecule has 0 heterocycles. The third-order valence-corrected chi connectivity index (χ3v) is 4.59. The van der Waals surface area contributed by atoms with Crippen LogP contribution in [0.25, 0.3) is 0 Å². The summed E-state index contributed by atoms with van der Waals surface area (Å²) in [5.74, 6) is 0.205. The van der Waals surface area contributed by atoms with Crippen LogP contribution >= 0.6 is 44.1 Å². The topological polar surface area (TPSA) is 88.7 Å². The van der Waals surface area contributed by atoms with E-state index in [1.807, 2.05) is 25.1 Å². The van der Waals surface area contributed by atoms with Gasteiger partial charge in [-0.1, -0.05) is 34.1 Å². The molecule has 0 radical (unpaired) electrons. The molecule has 0 atom stereocenters. The summed E-state index contributed by atoms with van der Waals surface area (Å²) in [7, 11) is 0. The summed E-state index contributed by atoms with van der Waals surface area (Å²) in [6.45, 7) is 1.44. The number of thiocarbonyl (C=S) groups is 1. The van der Waals surface area contributed by atoms with Gasteiger partial charge in [0.1, 0.15) is 11.5 Å². The van der Waals surface area contributed by atoms with Crippen molar-refractivity contribution in [3.8, 4) is 11.5 Å². The Hall–Kier alpha value is -2.17. The quantitative estimate of drug-likeness (QED) is 0.393. The van der Waals surface area contributed by atoms with Crippen LogP contribution in [-0.4, -0.2) is 30.1 Å². The number of para-hydroxylation sites is 1. The smallest absolute Gasteiger partial charge is 0.276 e. The number of carbonyl (C=O) groups excluding carboxylic acids is 2. The Morgan fingerprint density at radius 2 is 1.64 bits per heavy atom. The largest absolute Gasteiger partial charge is 0.483 e. The van der Waals surface area contributed by atoms with Crippen molar-refractivity contribution >= 4 is 61.0 Å². The van der Waals surface area contributed by atoms with E-state index >= 15 is 0 Å². The van der Waals surface area contributed by atoms with Crippen LogP contribution in [0.4, 0.5) is 0 Å². The molecule has 3 N–H and O–H groups in total. The normalized spacial score (nSPS) is 9.96. The van der Waals surface area contributed by atoms with Crippen LogP contribution in [-0.2, 0) is 9.59 Å². The van der Waals surface area contributed by atoms with Crippen molar-refractivity contribution in [2.75, 3.05) is 13.2 Å². The molecule has 28 heavy (non-hydrogen) atoms. The minimum atomic E-state index is -0.470. The first kappa shape index (κ1) is 22.1. The number of rotatable bonds is 6. The van der Waals surface area contributed by atoms with Crippen molar-refractivity contribution in [1.29, 1.82) is 0 Å². The van der Waals surface area contributed by atoms with Crippen LogP contribution in [0.1, 0.15) is 5.56 Å². The maximum absolute atomic E-state index is 11.8. The highest BCUT2D eigenvalue weighted by Gasteiger charge is 2.09. The number of amides is 2. The van der Waals surface area contributed by atoms with Gasteiger partial charge in [-0.05, 0) is 64.9 Å². The van der Waals surface area contributed by atoms with Crippen LogP contribution in [0, 0.1) is 6.92 Å². The molecular formula is C18H17Br2N3O4S. The highest BCUT2D eigenvalue weighted by Crippen LogP contribution is 2.28. The lowest BCUT2D eigenvalue weighted by Gasteiger charge is -2.13. The second-order valence-corrected chi connectivity index (χ2v) is 7.65. The number of halogens is 2. The van der Waals surface area contributed by atoms with Crippen LogP contribution in [0.15, 0.2) is 51.4 Å². The number of aryl methyl sites for hydroxylation is 1. The molecule has 2 rings (SSSR count). The van der Waals surface area contributed by atoms with E-state index in [4.69, 9.17) is 21.7 Å². The van der Waals surface area contributed by atoms with Gasteiger partial charge >= 0.3 is 0 Å². The number of carbonyl (C=O) groups is 2. The molecule has 0 saturated heterocycles. The van der Waals surface area contributed by atoms with Crippen LogP contribution < -0.4 is 25.6 Å². The molecule has 0 spiro atoms. The Morgan fingerprint density at radius 3 is 2.36 bits per heavy atom. The summed E-state index contributed by atoms with van der Waals surface area (Å²) in [6.07, 6.45) is 0. The van der Waals surface area contributed by atoms with E-state index in [1.54, 1.807) is 24.3 Å². The van der Waals surface area contributed by atoms with Crippen LogP contribution in [0.5, 0.6) is 11.5 Å². The zero-order valence-electron chi connectivity index (χ0n) is 14.8. The third-order valence-electron chi connectivity index (χ3n) is 3.27. The number of hydrogen-bond acceptors (Lipinski definition) is 5. The predicted octanol–water partition coefficient (Wildman–Crippen LogP) is 3.00. The van der Waals surface area contributed by atoms with Crippen molar-refractivity contribution < 1.29 is 19.1 Å². The first-order valence-corrected chi connectivity index (χ1v) is 9.99. The lowest BCUT2D eigenvalue weighted by Crippen LogP contribution is -2.50. The molecular weight excluding hydrogens is 514 g/mol. The van der Waals surface area contributed by atoms with Gasteiger partial charge in [-0.15, -0.1) is 0 Å². The fourth-order valence-corrected chi connectivity index (χ4v) is 3.28. The minimum absolute atomic E-state index is 0.0587. The van der Waals surface area contributed by atoms with Gasteiger partial charge in [-0.2, -0.15) is 0 Å². The Bertz CT molecular complexity index is 880. The summed E-state index contributed by atoms with van der Waals surface area (Å²) < 4.78 is 12.4. The molecule has 0 saturated carbocycles. The maximum Gasteiger partial charge on any atom is 0.276 e. The molecule has 0 aliphatic heterocycles. The molecule has 0 fully saturated rings. The van der Waals surface area contributed by atoms with Crippen LogP contribution in [0.2, 0.25) is 0 Å². The minimum Gasteiger partial charge on any atom is -0.483 e. The van der Waals surface area contributed by atoms with E-state index in [9.17, 15) is 9.59 Å². The van der Waals surface area contributed by atoms with E-state index < -0.39 is 11.8 Å². The van der Waals surface area contributed by atoms with Gasteiger partial charge in [0.15, 0.2) is 18.3 Å². The van der Waals surface area contributed by atoms with Gasteiger partial charge in [0.2, 0.25) is 0 Å². The summed E-state index contributed by atoms with van der Waals surface area (Å²) >= 11 is 11.6. The molecule has 0 aliphatic rings. The summed E-state index contributed by atoms with van der Waals surface area (Å²) in [6, 6.07) is 12.6. The fraction of sp³-hybridized carbons (Fsp3) is 0.167. The monoisotopic (exact) mass is 529 g/mol. The average molecular weight is 531 g/mol. The van der Waals surface area contributed by atoms with E-state index in [1.165, 1.54) is 0 Å². The molecule has 10 heteroatoms. The number of ether oxygens (including phenoxy) is 2. The summed E-state index contributed by atoms with van der Waals surface area (Å²) in [5.41, 5.74) is 5.68. The number of nitrogens with one attached hydrogen (secondary N) is 3. The number of hydrazine groups is 1. The van der Waals surface area contributed by atoms with Crippen molar-refractivity contribution in [3.63, 3.8) is 0 Å². The van der Waals surface area contributed by atoms with Crippen molar-refractivity contribution in [3.05, 3.63) is 57.0 Å². The SMILES string of the molecule is Cc1ccccc1OCC(=O)NC(=S)NNC(=O)COc1ccc(Br)cc1Br. The first-order valence-electron chi connectivity index (χ1n) is 8.00. The van der Waals surface area contributed by atoms with Crippen molar-refractivity contribution in [2.24, 2.45) is 0 Å². The number of hydrogen-bond donors (Lipinski definition) is 3. The second kappa shape index (κ2) is 11.0. The van der Waals surface area contributed by atoms with Crippen LogP contribution in [0.3, 0.4) is 0 Å². The molecule has 2 aromatic rings. The molecule has 148 valence electrons. The molecule has 0 unspecified atom stereocenters. The second-order valence-electron chi connectivity index (χ2n) is 5.47. The van der Waals surface area contributed by atoms with E-state index in [-0.39, 0.29) is 18.3 Å². The summed E-state index contributed by atoms with van der Waals surface area (Å²) in [5, 5.41) is 2.34. The molecule has 0 aliphatic carbocycles. The highest BCUT2D eigenvalue weighted by atomic mass is 79.9. The maximum atomic E-state index is 11.8. The van der Waals surface area contributed by atoms with Gasteiger partial charge in [-0.25, -0.2) is 0 Å². The molecule has 0 aromatic heterocycles. The van der Waals surface area contributed by atoms with Gasteiger partial charge in [0.25, 0.3) is 11.8 Å². The zero-order valence-corrected chi connectivity index (χ0v) is 18.7. The van der Waals surface area contributed by atoms with Crippen molar-refractivity contribution in [2.45, 2.75) is 6.92 Å². The van der Waals surface area contributed by atoms with Gasteiger partial charge in [0, 0.05) is 4.47 Å². The first-order chi connectivity index (χ1) is 13.3. The molecule has 2 aromatic carbocycles. The Balaban J connectivity index is 1.67. The van der Waals surface area contributed by atoms with Gasteiger partial charge in [-0.3, -0.25) is 25.8 Å². The lowest BCUT2D eigenvalue weighted by atomic mass is 10.2. The number of benzene rings is 2. The third kappa shape index (κ3) is 7.45. The molecule has 2 amide bonds. The molecule has 0 bridgehead atoms. The predicted molar refractivity (Wildman–Crippen MR) is 116 cm³/mol. The summed E-state index contributed by atoms with van der Waals surface area (Å²) in [4.78, 5) is 23.7. The van der Waals surface area contributed by atoms with Crippen molar-refractivity contribution in [1.82, 2.24) is 16.2 Å². The Morgan fingerprint density at radius 1 is 0.964 bits per heavy atom. The lowest BCUT2D eigenvalue weighted by molar-refractivity contribution is -0.124.